The second-order valence-corrected chi connectivity index (χ2v) is 4.42. The number of rotatable bonds is 5. The number of nitrogens with two attached hydrogens (primary N) is 1. The fourth-order valence-electron chi connectivity index (χ4n) is 1.46. The Kier molecular flexibility index (Phi) is 5.91. The summed E-state index contributed by atoms with van der Waals surface area (Å²) < 4.78 is 5.10. The highest BCUT2D eigenvalue weighted by Gasteiger charge is 2.08. The van der Waals surface area contributed by atoms with Crippen molar-refractivity contribution in [3.05, 3.63) is 46.0 Å². The maximum atomic E-state index is 11.7. The Bertz CT molecular complexity index is 482. The van der Waals surface area contributed by atoms with Gasteiger partial charge in [-0.3, -0.25) is 4.79 Å². The summed E-state index contributed by atoms with van der Waals surface area (Å²) in [5, 5.41) is 6.95. The van der Waals surface area contributed by atoms with Gasteiger partial charge < -0.3 is 15.5 Å². The molecular weight excluding hydrogens is 272 g/mol. The number of amides is 1. The fraction of sp³-hybridized carbons (Fsp3) is 0.250. The predicted molar refractivity (Wildman–Crippen MR) is 74.2 cm³/mol. The van der Waals surface area contributed by atoms with E-state index in [1.807, 2.05) is 5.38 Å². The smallest absolute Gasteiger partial charge is 0.254 e. The number of carbonyl (C=O) groups is 1. The molecule has 4 nitrogen and oxygen atoms in total. The summed E-state index contributed by atoms with van der Waals surface area (Å²) >= 11 is 1.66. The largest absolute Gasteiger partial charge is 0.467 e. The van der Waals surface area contributed by atoms with Gasteiger partial charge >= 0.3 is 0 Å². The lowest BCUT2D eigenvalue weighted by Gasteiger charge is -2.01. The third-order valence-electron chi connectivity index (χ3n) is 2.40. The molecule has 0 saturated carbocycles. The molecule has 0 aliphatic rings. The second-order valence-electron chi connectivity index (χ2n) is 3.64. The minimum absolute atomic E-state index is 0. The zero-order chi connectivity index (χ0) is 12.1. The minimum atomic E-state index is -0.122. The van der Waals surface area contributed by atoms with Gasteiger partial charge in [-0.1, -0.05) is 0 Å². The molecule has 0 fully saturated rings. The summed E-state index contributed by atoms with van der Waals surface area (Å²) in [4.78, 5) is 11.7. The second kappa shape index (κ2) is 7.20. The van der Waals surface area contributed by atoms with Crippen LogP contribution in [0.3, 0.4) is 0 Å². The molecule has 0 radical (unpaired) electrons. The van der Waals surface area contributed by atoms with Crippen LogP contribution in [-0.2, 0) is 13.0 Å². The summed E-state index contributed by atoms with van der Waals surface area (Å²) in [5.41, 5.74) is 7.17. The highest BCUT2D eigenvalue weighted by Crippen LogP contribution is 2.08. The van der Waals surface area contributed by atoms with Gasteiger partial charge in [-0.25, -0.2) is 0 Å². The number of furan rings is 1. The third-order valence-corrected chi connectivity index (χ3v) is 3.13. The molecule has 0 atom stereocenters. The van der Waals surface area contributed by atoms with Gasteiger partial charge in [0.05, 0.1) is 12.1 Å². The molecule has 2 heterocycles. The van der Waals surface area contributed by atoms with E-state index in [1.54, 1.807) is 17.4 Å². The van der Waals surface area contributed by atoms with Crippen LogP contribution in [-0.4, -0.2) is 12.5 Å². The number of nitrogens with one attached hydrogen (secondary N) is 1. The number of halogens is 1. The Labute approximate surface area is 116 Å². The van der Waals surface area contributed by atoms with Crippen molar-refractivity contribution in [1.82, 2.24) is 5.32 Å². The van der Waals surface area contributed by atoms with Gasteiger partial charge in [0.15, 0.2) is 0 Å². The Balaban J connectivity index is 0.00000162. The van der Waals surface area contributed by atoms with Crippen LogP contribution in [0, 0.1) is 0 Å². The van der Waals surface area contributed by atoms with Gasteiger partial charge in [0.25, 0.3) is 5.91 Å². The summed E-state index contributed by atoms with van der Waals surface area (Å²) in [7, 11) is 0. The summed E-state index contributed by atoms with van der Waals surface area (Å²) in [5.74, 6) is 0.497. The molecule has 0 unspecified atom stereocenters. The number of carbonyl (C=O) groups excluding carboxylic acids is 1. The molecule has 0 aromatic carbocycles. The van der Waals surface area contributed by atoms with E-state index >= 15 is 0 Å². The molecule has 0 aliphatic carbocycles. The maximum Gasteiger partial charge on any atom is 0.254 e. The van der Waals surface area contributed by atoms with Crippen molar-refractivity contribution < 1.29 is 9.21 Å². The average Bonchev–Trinajstić information content (AvgIpc) is 2.99. The Morgan fingerprint density at radius 1 is 1.50 bits per heavy atom. The zero-order valence-electron chi connectivity index (χ0n) is 9.72. The Morgan fingerprint density at radius 3 is 2.94 bits per heavy atom. The molecule has 1 amide bonds. The molecule has 2 aromatic heterocycles. The lowest BCUT2D eigenvalue weighted by atomic mass is 10.2. The van der Waals surface area contributed by atoms with E-state index in [9.17, 15) is 4.79 Å². The van der Waals surface area contributed by atoms with E-state index in [0.29, 0.717) is 24.4 Å². The van der Waals surface area contributed by atoms with Crippen LogP contribution in [0.25, 0.3) is 0 Å². The van der Waals surface area contributed by atoms with Crippen molar-refractivity contribution in [1.29, 1.82) is 0 Å². The van der Waals surface area contributed by atoms with Gasteiger partial charge in [0.2, 0.25) is 0 Å². The van der Waals surface area contributed by atoms with E-state index < -0.39 is 0 Å². The highest BCUT2D eigenvalue weighted by atomic mass is 35.5. The monoisotopic (exact) mass is 286 g/mol. The summed E-state index contributed by atoms with van der Waals surface area (Å²) in [6, 6.07) is 3.72. The zero-order valence-corrected chi connectivity index (χ0v) is 11.4. The average molecular weight is 287 g/mol. The first-order chi connectivity index (χ1) is 8.29. The first-order valence-electron chi connectivity index (χ1n) is 5.36. The van der Waals surface area contributed by atoms with Crippen molar-refractivity contribution >= 4 is 29.7 Å². The van der Waals surface area contributed by atoms with Crippen molar-refractivity contribution in [3.63, 3.8) is 0 Å². The van der Waals surface area contributed by atoms with Crippen LogP contribution in [0.1, 0.15) is 21.7 Å². The molecule has 18 heavy (non-hydrogen) atoms. The molecule has 6 heteroatoms. The van der Waals surface area contributed by atoms with Crippen LogP contribution in [0.5, 0.6) is 0 Å². The molecule has 0 aliphatic heterocycles. The number of hydrogen-bond donors (Lipinski definition) is 2. The van der Waals surface area contributed by atoms with E-state index in [1.165, 1.54) is 11.8 Å². The lowest BCUT2D eigenvalue weighted by molar-refractivity contribution is 0.0953. The van der Waals surface area contributed by atoms with E-state index in [2.05, 4.69) is 16.8 Å². The van der Waals surface area contributed by atoms with E-state index in [-0.39, 0.29) is 18.3 Å². The van der Waals surface area contributed by atoms with Gasteiger partial charge in [0.1, 0.15) is 12.0 Å². The van der Waals surface area contributed by atoms with Crippen molar-refractivity contribution in [2.45, 2.75) is 13.0 Å². The van der Waals surface area contributed by atoms with Gasteiger partial charge in [-0.2, -0.15) is 11.3 Å². The normalized spacial score (nSPS) is 9.83. The highest BCUT2D eigenvalue weighted by molar-refractivity contribution is 7.07. The van der Waals surface area contributed by atoms with E-state index in [4.69, 9.17) is 10.2 Å². The van der Waals surface area contributed by atoms with Crippen molar-refractivity contribution in [3.8, 4) is 0 Å². The van der Waals surface area contributed by atoms with Crippen molar-refractivity contribution in [2.75, 3.05) is 6.54 Å². The summed E-state index contributed by atoms with van der Waals surface area (Å²) in [6.07, 6.45) is 2.28. The van der Waals surface area contributed by atoms with Crippen molar-refractivity contribution in [2.24, 2.45) is 5.73 Å². The standard InChI is InChI=1S/C12H14N2O2S.ClH/c13-6-11-5-10(7-16-11)12(15)14-3-1-9-2-4-17-8-9;/h2,4-5,7-8H,1,3,6,13H2,(H,14,15);1H. The molecular formula is C12H15ClN2O2S. The summed E-state index contributed by atoms with van der Waals surface area (Å²) in [6.45, 7) is 0.931. The fourth-order valence-corrected chi connectivity index (χ4v) is 2.17. The topological polar surface area (TPSA) is 68.3 Å². The maximum absolute atomic E-state index is 11.7. The first-order valence-corrected chi connectivity index (χ1v) is 6.30. The molecule has 0 saturated heterocycles. The van der Waals surface area contributed by atoms with Crippen LogP contribution in [0.4, 0.5) is 0 Å². The third kappa shape index (κ3) is 3.87. The SMILES string of the molecule is Cl.NCc1cc(C(=O)NCCc2ccsc2)co1. The van der Waals surface area contributed by atoms with Crippen LogP contribution < -0.4 is 11.1 Å². The van der Waals surface area contributed by atoms with Crippen LogP contribution in [0.15, 0.2) is 33.6 Å². The Hall–Kier alpha value is -1.30. The van der Waals surface area contributed by atoms with Crippen LogP contribution in [0.2, 0.25) is 0 Å². The number of hydrogen-bond acceptors (Lipinski definition) is 4. The lowest BCUT2D eigenvalue weighted by Crippen LogP contribution is -2.25. The van der Waals surface area contributed by atoms with Gasteiger partial charge in [-0.05, 0) is 34.9 Å². The molecule has 3 N–H and O–H groups in total. The first kappa shape index (κ1) is 14.8. The van der Waals surface area contributed by atoms with Gasteiger partial charge in [0, 0.05) is 6.54 Å². The molecule has 2 rings (SSSR count). The number of thiophene rings is 1. The van der Waals surface area contributed by atoms with Crippen LogP contribution >= 0.6 is 23.7 Å². The molecule has 98 valence electrons. The predicted octanol–water partition coefficient (Wildman–Crippen LogP) is 2.19. The Morgan fingerprint density at radius 2 is 2.33 bits per heavy atom. The minimum Gasteiger partial charge on any atom is -0.467 e. The molecule has 0 bridgehead atoms. The molecule has 2 aromatic rings. The van der Waals surface area contributed by atoms with E-state index in [0.717, 1.165) is 6.42 Å². The van der Waals surface area contributed by atoms with Gasteiger partial charge in [-0.15, -0.1) is 12.4 Å². The quantitative estimate of drug-likeness (QED) is 0.885. The molecule has 0 spiro atoms.